The number of piperidine rings is 2. The predicted octanol–water partition coefficient (Wildman–Crippen LogP) is 2.49. The number of urea groups is 1. The Labute approximate surface area is 122 Å². The van der Waals surface area contributed by atoms with Crippen LogP contribution in [0, 0.1) is 5.41 Å². The van der Waals surface area contributed by atoms with Crippen molar-refractivity contribution in [2.75, 3.05) is 26.2 Å². The normalized spacial score (nSPS) is 32.3. The summed E-state index contributed by atoms with van der Waals surface area (Å²) in [6, 6.07) is 0.625. The molecule has 3 rings (SSSR count). The van der Waals surface area contributed by atoms with Crippen molar-refractivity contribution in [3.8, 4) is 0 Å². The number of amides is 2. The Kier molecular flexibility index (Phi) is 4.49. The van der Waals surface area contributed by atoms with Crippen molar-refractivity contribution in [3.05, 3.63) is 0 Å². The van der Waals surface area contributed by atoms with Gasteiger partial charge in [0, 0.05) is 31.1 Å². The Bertz CT molecular complexity index is 327. The number of carbonyl (C=O) groups excluding carboxylic acids is 1. The fraction of sp³-hybridized carbons (Fsp3) is 0.938. The van der Waals surface area contributed by atoms with E-state index in [1.54, 1.807) is 0 Å². The van der Waals surface area contributed by atoms with Crippen LogP contribution < -0.4 is 10.6 Å². The maximum atomic E-state index is 12.5. The summed E-state index contributed by atoms with van der Waals surface area (Å²) < 4.78 is 0. The molecule has 1 unspecified atom stereocenters. The van der Waals surface area contributed by atoms with Crippen LogP contribution in [0.15, 0.2) is 0 Å². The first-order chi connectivity index (χ1) is 9.77. The van der Waals surface area contributed by atoms with Gasteiger partial charge in [-0.3, -0.25) is 0 Å². The van der Waals surface area contributed by atoms with Crippen molar-refractivity contribution in [1.82, 2.24) is 15.5 Å². The summed E-state index contributed by atoms with van der Waals surface area (Å²) in [5, 5.41) is 6.80. The van der Waals surface area contributed by atoms with Crippen LogP contribution in [-0.2, 0) is 0 Å². The highest BCUT2D eigenvalue weighted by atomic mass is 16.2. The van der Waals surface area contributed by atoms with Gasteiger partial charge >= 0.3 is 6.03 Å². The molecule has 4 heteroatoms. The Morgan fingerprint density at radius 1 is 1.10 bits per heavy atom. The molecule has 3 aliphatic rings. The molecule has 2 aliphatic heterocycles. The monoisotopic (exact) mass is 279 g/mol. The van der Waals surface area contributed by atoms with Gasteiger partial charge in [-0.25, -0.2) is 4.79 Å². The van der Waals surface area contributed by atoms with E-state index in [1.165, 1.54) is 57.8 Å². The van der Waals surface area contributed by atoms with E-state index in [0.717, 1.165) is 26.2 Å². The van der Waals surface area contributed by atoms with Gasteiger partial charge in [0.1, 0.15) is 0 Å². The summed E-state index contributed by atoms with van der Waals surface area (Å²) in [5.41, 5.74) is 0.362. The number of carbonyl (C=O) groups is 1. The molecule has 2 heterocycles. The Hall–Kier alpha value is -0.770. The minimum atomic E-state index is 0.196. The molecule has 20 heavy (non-hydrogen) atoms. The zero-order valence-electron chi connectivity index (χ0n) is 12.6. The number of nitrogens with zero attached hydrogens (tertiary/aromatic N) is 1. The number of hydrogen-bond acceptors (Lipinski definition) is 2. The standard InChI is InChI=1S/C16H29N3O/c20-15(18-14-6-2-1-3-7-14)19-11-5-9-16(13-19)8-4-10-17-12-16/h14,17H,1-13H2,(H,18,20). The highest BCUT2D eigenvalue weighted by molar-refractivity contribution is 5.74. The molecule has 2 amide bonds. The molecule has 1 aliphatic carbocycles. The zero-order valence-corrected chi connectivity index (χ0v) is 12.6. The molecule has 0 aromatic heterocycles. The van der Waals surface area contributed by atoms with Gasteiger partial charge < -0.3 is 15.5 Å². The van der Waals surface area contributed by atoms with Crippen LogP contribution in [0.5, 0.6) is 0 Å². The van der Waals surface area contributed by atoms with E-state index in [4.69, 9.17) is 0 Å². The third-order valence-corrected chi connectivity index (χ3v) is 5.44. The van der Waals surface area contributed by atoms with Crippen molar-refractivity contribution in [2.45, 2.75) is 63.8 Å². The summed E-state index contributed by atoms with van der Waals surface area (Å²) in [6.07, 6.45) is 11.2. The van der Waals surface area contributed by atoms with Gasteiger partial charge in [-0.15, -0.1) is 0 Å². The molecule has 0 bridgehead atoms. The van der Waals surface area contributed by atoms with Crippen LogP contribution in [0.25, 0.3) is 0 Å². The fourth-order valence-corrected chi connectivity index (χ4v) is 4.27. The molecule has 0 radical (unpaired) electrons. The first-order valence-electron chi connectivity index (χ1n) is 8.54. The van der Waals surface area contributed by atoms with Gasteiger partial charge in [0.05, 0.1) is 0 Å². The quantitative estimate of drug-likeness (QED) is 0.774. The Morgan fingerprint density at radius 3 is 2.65 bits per heavy atom. The second-order valence-corrected chi connectivity index (χ2v) is 7.09. The van der Waals surface area contributed by atoms with E-state index in [-0.39, 0.29) is 6.03 Å². The molecular weight excluding hydrogens is 250 g/mol. The third kappa shape index (κ3) is 3.27. The van der Waals surface area contributed by atoms with Crippen molar-refractivity contribution in [1.29, 1.82) is 0 Å². The summed E-state index contributed by atoms with van der Waals surface area (Å²) in [6.45, 7) is 4.15. The van der Waals surface area contributed by atoms with Crippen LogP contribution in [-0.4, -0.2) is 43.2 Å². The lowest BCUT2D eigenvalue weighted by Crippen LogP contribution is -2.55. The van der Waals surface area contributed by atoms with Crippen molar-refractivity contribution in [3.63, 3.8) is 0 Å². The highest BCUT2D eigenvalue weighted by Gasteiger charge is 2.38. The molecule has 3 fully saturated rings. The fourth-order valence-electron chi connectivity index (χ4n) is 4.27. The van der Waals surface area contributed by atoms with Gasteiger partial charge in [-0.2, -0.15) is 0 Å². The van der Waals surface area contributed by atoms with Gasteiger partial charge in [0.2, 0.25) is 0 Å². The average molecular weight is 279 g/mol. The van der Waals surface area contributed by atoms with Gasteiger partial charge in [-0.1, -0.05) is 19.3 Å². The van der Waals surface area contributed by atoms with E-state index >= 15 is 0 Å². The van der Waals surface area contributed by atoms with E-state index < -0.39 is 0 Å². The number of rotatable bonds is 1. The number of nitrogens with one attached hydrogen (secondary N) is 2. The smallest absolute Gasteiger partial charge is 0.317 e. The average Bonchev–Trinajstić information content (AvgIpc) is 2.49. The predicted molar refractivity (Wildman–Crippen MR) is 80.7 cm³/mol. The van der Waals surface area contributed by atoms with E-state index in [0.29, 0.717) is 11.5 Å². The zero-order chi connectivity index (χ0) is 13.8. The lowest BCUT2D eigenvalue weighted by molar-refractivity contribution is 0.0797. The third-order valence-electron chi connectivity index (χ3n) is 5.44. The van der Waals surface area contributed by atoms with Crippen molar-refractivity contribution in [2.24, 2.45) is 5.41 Å². The molecule has 2 N–H and O–H groups in total. The van der Waals surface area contributed by atoms with E-state index in [2.05, 4.69) is 15.5 Å². The van der Waals surface area contributed by atoms with Gasteiger partial charge in [0.15, 0.2) is 0 Å². The van der Waals surface area contributed by atoms with Crippen LogP contribution in [0.4, 0.5) is 4.79 Å². The molecule has 4 nitrogen and oxygen atoms in total. The summed E-state index contributed by atoms with van der Waals surface area (Å²) in [7, 11) is 0. The molecule has 1 spiro atoms. The van der Waals surface area contributed by atoms with Gasteiger partial charge in [0.25, 0.3) is 0 Å². The SMILES string of the molecule is O=C(NC1CCCCC1)N1CCCC2(CCCNC2)C1. The molecule has 1 atom stereocenters. The van der Waals surface area contributed by atoms with Crippen LogP contribution in [0.2, 0.25) is 0 Å². The molecule has 114 valence electrons. The van der Waals surface area contributed by atoms with Crippen LogP contribution in [0.3, 0.4) is 0 Å². The maximum Gasteiger partial charge on any atom is 0.317 e. The highest BCUT2D eigenvalue weighted by Crippen LogP contribution is 2.35. The lowest BCUT2D eigenvalue weighted by atomic mass is 9.74. The van der Waals surface area contributed by atoms with Crippen molar-refractivity contribution < 1.29 is 4.79 Å². The molecule has 0 aromatic rings. The summed E-state index contributed by atoms with van der Waals surface area (Å²) in [4.78, 5) is 14.6. The lowest BCUT2D eigenvalue weighted by Gasteiger charge is -2.45. The second-order valence-electron chi connectivity index (χ2n) is 7.09. The van der Waals surface area contributed by atoms with Crippen LogP contribution in [0.1, 0.15) is 57.8 Å². The van der Waals surface area contributed by atoms with Crippen LogP contribution >= 0.6 is 0 Å². The summed E-state index contributed by atoms with van der Waals surface area (Å²) in [5.74, 6) is 0. The Balaban J connectivity index is 1.54. The first-order valence-corrected chi connectivity index (χ1v) is 8.54. The van der Waals surface area contributed by atoms with Gasteiger partial charge in [-0.05, 0) is 45.1 Å². The largest absolute Gasteiger partial charge is 0.335 e. The molecule has 1 saturated carbocycles. The maximum absolute atomic E-state index is 12.5. The number of hydrogen-bond donors (Lipinski definition) is 2. The number of likely N-dealkylation sites (tertiary alicyclic amines) is 1. The minimum absolute atomic E-state index is 0.196. The Morgan fingerprint density at radius 2 is 1.90 bits per heavy atom. The first kappa shape index (κ1) is 14.2. The topological polar surface area (TPSA) is 44.4 Å². The molecule has 0 aromatic carbocycles. The molecule has 2 saturated heterocycles. The second kappa shape index (κ2) is 6.33. The van der Waals surface area contributed by atoms with E-state index in [1.807, 2.05) is 0 Å². The minimum Gasteiger partial charge on any atom is -0.335 e. The van der Waals surface area contributed by atoms with E-state index in [9.17, 15) is 4.79 Å². The molecular formula is C16H29N3O. The summed E-state index contributed by atoms with van der Waals surface area (Å²) >= 11 is 0. The van der Waals surface area contributed by atoms with Crippen molar-refractivity contribution >= 4 is 6.03 Å².